The Morgan fingerprint density at radius 3 is 2.36 bits per heavy atom. The van der Waals surface area contributed by atoms with Gasteiger partial charge in [-0.1, -0.05) is 35.8 Å². The smallest absolute Gasteiger partial charge is 0.107 e. The summed E-state index contributed by atoms with van der Waals surface area (Å²) in [5, 5.41) is 11.0. The van der Waals surface area contributed by atoms with Crippen LogP contribution in [-0.4, -0.2) is 5.11 Å². The van der Waals surface area contributed by atoms with Gasteiger partial charge in [0.15, 0.2) is 0 Å². The van der Waals surface area contributed by atoms with Gasteiger partial charge in [0.1, 0.15) is 5.60 Å². The molecule has 3 heteroatoms. The maximum absolute atomic E-state index is 10.1. The number of rotatable bonds is 2. The highest BCUT2D eigenvalue weighted by Gasteiger charge is 2.24. The van der Waals surface area contributed by atoms with E-state index in [2.05, 4.69) is 6.58 Å². The Bertz CT molecular complexity index is 370. The summed E-state index contributed by atoms with van der Waals surface area (Å²) in [6.07, 6.45) is 0. The summed E-state index contributed by atoms with van der Waals surface area (Å²) >= 11 is 11.6. The lowest BCUT2D eigenvalue weighted by atomic mass is 9.90. The molecule has 0 aliphatic heterocycles. The van der Waals surface area contributed by atoms with E-state index in [1.165, 1.54) is 0 Å². The summed E-state index contributed by atoms with van der Waals surface area (Å²) in [5.74, 6) is 0. The lowest BCUT2D eigenvalue weighted by Gasteiger charge is -2.24. The summed E-state index contributed by atoms with van der Waals surface area (Å²) in [6, 6.07) is 5.05. The molecular formula is C11H12Cl2O. The zero-order valence-corrected chi connectivity index (χ0v) is 9.65. The third-order valence-electron chi connectivity index (χ3n) is 2.31. The Balaban J connectivity index is 3.21. The molecule has 0 aliphatic rings. The number of hydrogen-bond acceptors (Lipinski definition) is 1. The fraction of sp³-hybridized carbons (Fsp3) is 0.273. The number of halogens is 2. The molecule has 1 aromatic carbocycles. The average molecular weight is 231 g/mol. The monoisotopic (exact) mass is 230 g/mol. The van der Waals surface area contributed by atoms with Crippen LogP contribution in [0, 0.1) is 0 Å². The molecule has 0 radical (unpaired) electrons. The van der Waals surface area contributed by atoms with Crippen LogP contribution in [0.5, 0.6) is 0 Å². The maximum Gasteiger partial charge on any atom is 0.107 e. The Morgan fingerprint density at radius 1 is 1.36 bits per heavy atom. The summed E-state index contributed by atoms with van der Waals surface area (Å²) in [4.78, 5) is 0. The van der Waals surface area contributed by atoms with E-state index < -0.39 is 5.60 Å². The van der Waals surface area contributed by atoms with Gasteiger partial charge in [-0.15, -0.1) is 0 Å². The standard InChI is InChI=1S/C11H12Cl2O/c1-7(2)11(3,14)8-4-5-9(12)10(13)6-8/h4-6,14H,1H2,2-3H3. The Hall–Kier alpha value is -0.500. The SMILES string of the molecule is C=C(C)C(C)(O)c1ccc(Cl)c(Cl)c1. The fourth-order valence-corrected chi connectivity index (χ4v) is 1.34. The van der Waals surface area contributed by atoms with E-state index in [9.17, 15) is 5.11 Å². The van der Waals surface area contributed by atoms with E-state index in [4.69, 9.17) is 23.2 Å². The van der Waals surface area contributed by atoms with Crippen LogP contribution < -0.4 is 0 Å². The molecule has 1 nitrogen and oxygen atoms in total. The average Bonchev–Trinajstić information content (AvgIpc) is 2.09. The van der Waals surface area contributed by atoms with Crippen LogP contribution in [0.3, 0.4) is 0 Å². The lowest BCUT2D eigenvalue weighted by Crippen LogP contribution is -2.21. The Morgan fingerprint density at radius 2 is 1.93 bits per heavy atom. The first-order valence-corrected chi connectivity index (χ1v) is 4.95. The van der Waals surface area contributed by atoms with Crippen LogP contribution >= 0.6 is 23.2 Å². The van der Waals surface area contributed by atoms with Crippen molar-refractivity contribution >= 4 is 23.2 Å². The molecule has 14 heavy (non-hydrogen) atoms. The van der Waals surface area contributed by atoms with Crippen LogP contribution in [0.4, 0.5) is 0 Å². The first kappa shape index (κ1) is 11.6. The number of hydrogen-bond donors (Lipinski definition) is 1. The second kappa shape index (κ2) is 3.93. The summed E-state index contributed by atoms with van der Waals surface area (Å²) in [6.45, 7) is 7.17. The van der Waals surface area contributed by atoms with Gasteiger partial charge in [-0.05, 0) is 37.1 Å². The van der Waals surface area contributed by atoms with Crippen molar-refractivity contribution < 1.29 is 5.11 Å². The topological polar surface area (TPSA) is 20.2 Å². The van der Waals surface area contributed by atoms with Gasteiger partial charge in [-0.3, -0.25) is 0 Å². The van der Waals surface area contributed by atoms with Crippen molar-refractivity contribution in [2.24, 2.45) is 0 Å². The number of aliphatic hydroxyl groups is 1. The minimum Gasteiger partial charge on any atom is -0.381 e. The molecule has 0 heterocycles. The van der Waals surface area contributed by atoms with Gasteiger partial charge < -0.3 is 5.11 Å². The third kappa shape index (κ3) is 2.11. The first-order valence-electron chi connectivity index (χ1n) is 4.19. The van der Waals surface area contributed by atoms with Gasteiger partial charge in [0, 0.05) is 0 Å². The molecule has 0 saturated heterocycles. The van der Waals surface area contributed by atoms with E-state index in [0.717, 1.165) is 0 Å². The molecule has 1 N–H and O–H groups in total. The van der Waals surface area contributed by atoms with Gasteiger partial charge in [0.25, 0.3) is 0 Å². The normalized spacial score (nSPS) is 14.9. The molecule has 0 amide bonds. The maximum atomic E-state index is 10.1. The van der Waals surface area contributed by atoms with Crippen molar-refractivity contribution in [3.63, 3.8) is 0 Å². The third-order valence-corrected chi connectivity index (χ3v) is 3.05. The van der Waals surface area contributed by atoms with Crippen molar-refractivity contribution in [2.45, 2.75) is 19.4 Å². The van der Waals surface area contributed by atoms with E-state index in [0.29, 0.717) is 21.2 Å². The molecule has 0 spiro atoms. The minimum absolute atomic E-state index is 0.436. The molecule has 0 saturated carbocycles. The molecular weight excluding hydrogens is 219 g/mol. The van der Waals surface area contributed by atoms with Crippen LogP contribution in [0.15, 0.2) is 30.4 Å². The first-order chi connectivity index (χ1) is 6.35. The lowest BCUT2D eigenvalue weighted by molar-refractivity contribution is 0.0981. The zero-order chi connectivity index (χ0) is 10.9. The minimum atomic E-state index is -1.06. The second-order valence-corrected chi connectivity index (χ2v) is 4.30. The van der Waals surface area contributed by atoms with Crippen LogP contribution in [0.25, 0.3) is 0 Å². The summed E-state index contributed by atoms with van der Waals surface area (Å²) in [7, 11) is 0. The van der Waals surface area contributed by atoms with Crippen LogP contribution in [0.1, 0.15) is 19.4 Å². The van der Waals surface area contributed by atoms with Gasteiger partial charge >= 0.3 is 0 Å². The van der Waals surface area contributed by atoms with Gasteiger partial charge in [-0.2, -0.15) is 0 Å². The van der Waals surface area contributed by atoms with E-state index >= 15 is 0 Å². The predicted octanol–water partition coefficient (Wildman–Crippen LogP) is 3.78. The largest absolute Gasteiger partial charge is 0.381 e. The van der Waals surface area contributed by atoms with Crippen LogP contribution in [-0.2, 0) is 5.60 Å². The molecule has 1 aromatic rings. The Kier molecular flexibility index (Phi) is 3.25. The molecule has 1 atom stereocenters. The van der Waals surface area contributed by atoms with Gasteiger partial charge in [0.2, 0.25) is 0 Å². The summed E-state index contributed by atoms with van der Waals surface area (Å²) in [5.41, 5.74) is 0.295. The fourth-order valence-electron chi connectivity index (χ4n) is 1.05. The highest BCUT2D eigenvalue weighted by atomic mass is 35.5. The van der Waals surface area contributed by atoms with Crippen molar-refractivity contribution in [1.29, 1.82) is 0 Å². The highest BCUT2D eigenvalue weighted by molar-refractivity contribution is 6.42. The molecule has 0 aliphatic carbocycles. The predicted molar refractivity (Wildman–Crippen MR) is 60.8 cm³/mol. The van der Waals surface area contributed by atoms with Crippen molar-refractivity contribution in [3.8, 4) is 0 Å². The van der Waals surface area contributed by atoms with Crippen molar-refractivity contribution in [2.75, 3.05) is 0 Å². The Labute approximate surface area is 94.0 Å². The van der Waals surface area contributed by atoms with E-state index in [1.54, 1.807) is 32.0 Å². The number of benzene rings is 1. The highest BCUT2D eigenvalue weighted by Crippen LogP contribution is 2.32. The summed E-state index contributed by atoms with van der Waals surface area (Å²) < 4.78 is 0. The molecule has 1 rings (SSSR count). The van der Waals surface area contributed by atoms with Crippen molar-refractivity contribution in [1.82, 2.24) is 0 Å². The van der Waals surface area contributed by atoms with Gasteiger partial charge in [-0.25, -0.2) is 0 Å². The molecule has 0 fully saturated rings. The molecule has 0 bridgehead atoms. The van der Waals surface area contributed by atoms with E-state index in [1.807, 2.05) is 0 Å². The molecule has 0 aromatic heterocycles. The quantitative estimate of drug-likeness (QED) is 0.768. The van der Waals surface area contributed by atoms with Gasteiger partial charge in [0.05, 0.1) is 10.0 Å². The van der Waals surface area contributed by atoms with Crippen LogP contribution in [0.2, 0.25) is 10.0 Å². The van der Waals surface area contributed by atoms with Crippen molar-refractivity contribution in [3.05, 3.63) is 46.0 Å². The molecule has 1 unspecified atom stereocenters. The molecule has 76 valence electrons. The second-order valence-electron chi connectivity index (χ2n) is 3.48. The zero-order valence-electron chi connectivity index (χ0n) is 8.14. The van der Waals surface area contributed by atoms with E-state index in [-0.39, 0.29) is 0 Å².